The van der Waals surface area contributed by atoms with Gasteiger partial charge < -0.3 is 15.4 Å². The summed E-state index contributed by atoms with van der Waals surface area (Å²) in [7, 11) is 1.65. The van der Waals surface area contributed by atoms with E-state index in [0.29, 0.717) is 6.54 Å². The van der Waals surface area contributed by atoms with Gasteiger partial charge in [-0.15, -0.1) is 12.4 Å². The molecule has 0 bridgehead atoms. The molecule has 1 saturated heterocycles. The van der Waals surface area contributed by atoms with Crippen LogP contribution in [0.25, 0.3) is 0 Å². The van der Waals surface area contributed by atoms with Crippen LogP contribution < -0.4 is 15.4 Å². The molecule has 1 aliphatic heterocycles. The number of amides is 1. The maximum atomic E-state index is 12.3. The average Bonchev–Trinajstić information content (AvgIpc) is 2.46. The first-order valence-corrected chi connectivity index (χ1v) is 6.76. The molecule has 0 atom stereocenters. The van der Waals surface area contributed by atoms with Crippen LogP contribution in [0.3, 0.4) is 0 Å². The van der Waals surface area contributed by atoms with Gasteiger partial charge >= 0.3 is 0 Å². The largest absolute Gasteiger partial charge is 0.497 e. The molecule has 0 aromatic heterocycles. The maximum Gasteiger partial charge on any atom is 0.226 e. The molecule has 0 aliphatic carbocycles. The van der Waals surface area contributed by atoms with E-state index in [2.05, 4.69) is 17.6 Å². The van der Waals surface area contributed by atoms with Crippen LogP contribution in [0.4, 0.5) is 0 Å². The van der Waals surface area contributed by atoms with Gasteiger partial charge in [-0.05, 0) is 43.6 Å². The number of halogens is 1. The Hall–Kier alpha value is -1.26. The number of carbonyl (C=O) groups is 1. The van der Waals surface area contributed by atoms with E-state index in [4.69, 9.17) is 4.74 Å². The van der Waals surface area contributed by atoms with Gasteiger partial charge in [0.1, 0.15) is 5.75 Å². The normalized spacial score (nSPS) is 16.9. The first kappa shape index (κ1) is 16.8. The Morgan fingerprint density at radius 1 is 1.30 bits per heavy atom. The van der Waals surface area contributed by atoms with Crippen molar-refractivity contribution in [2.75, 3.05) is 20.2 Å². The van der Waals surface area contributed by atoms with E-state index in [9.17, 15) is 4.79 Å². The quantitative estimate of drug-likeness (QED) is 0.895. The SMILES string of the molecule is COc1ccc(CNC(=O)C2(C)CCNCC2)cc1.Cl. The number of methoxy groups -OCH3 is 1. The van der Waals surface area contributed by atoms with Crippen molar-refractivity contribution in [2.45, 2.75) is 26.3 Å². The predicted molar refractivity (Wildman–Crippen MR) is 82.3 cm³/mol. The summed E-state index contributed by atoms with van der Waals surface area (Å²) in [5.74, 6) is 0.991. The Kier molecular flexibility index (Phi) is 6.30. The molecule has 4 nitrogen and oxygen atoms in total. The lowest BCUT2D eigenvalue weighted by Gasteiger charge is -2.32. The monoisotopic (exact) mass is 298 g/mol. The van der Waals surface area contributed by atoms with Crippen molar-refractivity contribution >= 4 is 18.3 Å². The van der Waals surface area contributed by atoms with Gasteiger partial charge in [0.15, 0.2) is 0 Å². The van der Waals surface area contributed by atoms with Crippen LogP contribution in [0.1, 0.15) is 25.3 Å². The molecular weight excluding hydrogens is 276 g/mol. The third-order valence-electron chi connectivity index (χ3n) is 3.87. The van der Waals surface area contributed by atoms with Crippen LogP contribution in [0, 0.1) is 5.41 Å². The van der Waals surface area contributed by atoms with Crippen molar-refractivity contribution in [2.24, 2.45) is 5.41 Å². The highest BCUT2D eigenvalue weighted by Gasteiger charge is 2.34. The Labute approximate surface area is 126 Å². The van der Waals surface area contributed by atoms with Crippen LogP contribution in [-0.2, 0) is 11.3 Å². The Bertz CT molecular complexity index is 428. The molecule has 0 saturated carbocycles. The molecule has 20 heavy (non-hydrogen) atoms. The molecule has 1 heterocycles. The summed E-state index contributed by atoms with van der Waals surface area (Å²) < 4.78 is 5.11. The van der Waals surface area contributed by atoms with Crippen molar-refractivity contribution < 1.29 is 9.53 Å². The van der Waals surface area contributed by atoms with Gasteiger partial charge in [-0.3, -0.25) is 4.79 Å². The van der Waals surface area contributed by atoms with Crippen LogP contribution in [-0.4, -0.2) is 26.1 Å². The van der Waals surface area contributed by atoms with E-state index in [-0.39, 0.29) is 23.7 Å². The highest BCUT2D eigenvalue weighted by Crippen LogP contribution is 2.28. The fourth-order valence-electron chi connectivity index (χ4n) is 2.34. The third kappa shape index (κ3) is 4.12. The number of benzene rings is 1. The maximum absolute atomic E-state index is 12.3. The van der Waals surface area contributed by atoms with E-state index in [1.165, 1.54) is 0 Å². The summed E-state index contributed by atoms with van der Waals surface area (Å²) in [6.45, 7) is 4.47. The number of rotatable bonds is 4. The number of ether oxygens (including phenoxy) is 1. The first-order chi connectivity index (χ1) is 9.14. The van der Waals surface area contributed by atoms with E-state index in [1.54, 1.807) is 7.11 Å². The fourth-order valence-corrected chi connectivity index (χ4v) is 2.34. The van der Waals surface area contributed by atoms with Gasteiger partial charge in [-0.2, -0.15) is 0 Å². The minimum atomic E-state index is -0.224. The summed E-state index contributed by atoms with van der Waals surface area (Å²) in [6, 6.07) is 7.77. The van der Waals surface area contributed by atoms with Gasteiger partial charge in [0.05, 0.1) is 7.11 Å². The lowest BCUT2D eigenvalue weighted by molar-refractivity contribution is -0.131. The number of piperidine rings is 1. The van der Waals surface area contributed by atoms with Crippen molar-refractivity contribution in [3.8, 4) is 5.75 Å². The van der Waals surface area contributed by atoms with Crippen molar-refractivity contribution in [1.29, 1.82) is 0 Å². The molecule has 1 aliphatic rings. The number of nitrogens with one attached hydrogen (secondary N) is 2. The van der Waals surface area contributed by atoms with Crippen LogP contribution in [0.2, 0.25) is 0 Å². The minimum Gasteiger partial charge on any atom is -0.497 e. The first-order valence-electron chi connectivity index (χ1n) is 6.76. The smallest absolute Gasteiger partial charge is 0.226 e. The molecule has 0 spiro atoms. The van der Waals surface area contributed by atoms with Crippen molar-refractivity contribution in [1.82, 2.24) is 10.6 Å². The molecule has 2 rings (SSSR count). The zero-order valence-corrected chi connectivity index (χ0v) is 12.9. The standard InChI is InChI=1S/C15H22N2O2.ClH/c1-15(7-9-16-10-8-15)14(18)17-11-12-3-5-13(19-2)6-4-12;/h3-6,16H,7-11H2,1-2H3,(H,17,18);1H. The molecule has 5 heteroatoms. The van der Waals surface area contributed by atoms with Gasteiger partial charge in [0.25, 0.3) is 0 Å². The molecule has 112 valence electrons. The second-order valence-electron chi connectivity index (χ2n) is 5.34. The highest BCUT2D eigenvalue weighted by molar-refractivity contribution is 5.85. The third-order valence-corrected chi connectivity index (χ3v) is 3.87. The fraction of sp³-hybridized carbons (Fsp3) is 0.533. The molecule has 1 aromatic carbocycles. The van der Waals surface area contributed by atoms with Crippen LogP contribution in [0.5, 0.6) is 5.75 Å². The molecular formula is C15H23ClN2O2. The summed E-state index contributed by atoms with van der Waals surface area (Å²) in [6.07, 6.45) is 1.81. The minimum absolute atomic E-state index is 0. The molecule has 1 fully saturated rings. The van der Waals surface area contributed by atoms with Crippen LogP contribution >= 0.6 is 12.4 Å². The lowest BCUT2D eigenvalue weighted by atomic mass is 9.80. The topological polar surface area (TPSA) is 50.4 Å². The summed E-state index contributed by atoms with van der Waals surface area (Å²) in [5.41, 5.74) is 0.865. The summed E-state index contributed by atoms with van der Waals surface area (Å²) in [5, 5.41) is 6.33. The van der Waals surface area contributed by atoms with E-state index < -0.39 is 0 Å². The Morgan fingerprint density at radius 2 is 1.90 bits per heavy atom. The zero-order chi connectivity index (χ0) is 13.7. The highest BCUT2D eigenvalue weighted by atomic mass is 35.5. The van der Waals surface area contributed by atoms with Crippen LogP contribution in [0.15, 0.2) is 24.3 Å². The Balaban J connectivity index is 0.00000200. The second kappa shape index (κ2) is 7.50. The van der Waals surface area contributed by atoms with Crippen molar-refractivity contribution in [3.63, 3.8) is 0 Å². The van der Waals surface area contributed by atoms with E-state index in [1.807, 2.05) is 24.3 Å². The Morgan fingerprint density at radius 3 is 2.45 bits per heavy atom. The zero-order valence-electron chi connectivity index (χ0n) is 12.1. The average molecular weight is 299 g/mol. The second-order valence-corrected chi connectivity index (χ2v) is 5.34. The predicted octanol–water partition coefficient (Wildman–Crippen LogP) is 2.12. The number of hydrogen-bond donors (Lipinski definition) is 2. The van der Waals surface area contributed by atoms with Gasteiger partial charge in [-0.1, -0.05) is 19.1 Å². The van der Waals surface area contributed by atoms with E-state index in [0.717, 1.165) is 37.2 Å². The number of carbonyl (C=O) groups excluding carboxylic acids is 1. The number of hydrogen-bond acceptors (Lipinski definition) is 3. The molecule has 1 amide bonds. The molecule has 1 aromatic rings. The lowest BCUT2D eigenvalue weighted by Crippen LogP contribution is -2.45. The summed E-state index contributed by atoms with van der Waals surface area (Å²) in [4.78, 5) is 12.3. The molecule has 0 unspecified atom stereocenters. The van der Waals surface area contributed by atoms with E-state index >= 15 is 0 Å². The molecule has 2 N–H and O–H groups in total. The molecule has 0 radical (unpaired) electrons. The van der Waals surface area contributed by atoms with Gasteiger partial charge in [-0.25, -0.2) is 0 Å². The van der Waals surface area contributed by atoms with Crippen molar-refractivity contribution in [3.05, 3.63) is 29.8 Å². The van der Waals surface area contributed by atoms with Gasteiger partial charge in [0, 0.05) is 12.0 Å². The summed E-state index contributed by atoms with van der Waals surface area (Å²) >= 11 is 0. The van der Waals surface area contributed by atoms with Gasteiger partial charge in [0.2, 0.25) is 5.91 Å².